The zero-order valence-electron chi connectivity index (χ0n) is 12.4. The van der Waals surface area contributed by atoms with Crippen molar-refractivity contribution in [2.45, 2.75) is 31.3 Å². The predicted molar refractivity (Wildman–Crippen MR) is 81.4 cm³/mol. The van der Waals surface area contributed by atoms with Crippen LogP contribution < -0.4 is 10.6 Å². The van der Waals surface area contributed by atoms with Crippen molar-refractivity contribution in [3.8, 4) is 0 Å². The maximum atomic E-state index is 12.2. The molecule has 0 fully saturated rings. The Morgan fingerprint density at radius 3 is 2.45 bits per heavy atom. The molecule has 0 atom stereocenters. The van der Waals surface area contributed by atoms with E-state index >= 15 is 0 Å². The standard InChI is InChI=1S/C14H22N2O3S/c1-14(2,3)20(18,19)10-11-6-5-7-12(8-11)16-13(17)9-15-4/h5-8,15H,9-10H2,1-4H3,(H,16,17). The van der Waals surface area contributed by atoms with Crippen molar-refractivity contribution in [3.05, 3.63) is 29.8 Å². The van der Waals surface area contributed by atoms with Gasteiger partial charge in [0.2, 0.25) is 5.91 Å². The second-order valence-electron chi connectivity index (χ2n) is 5.65. The van der Waals surface area contributed by atoms with Crippen LogP contribution in [0, 0.1) is 0 Å². The van der Waals surface area contributed by atoms with Gasteiger partial charge in [-0.15, -0.1) is 0 Å². The molecule has 1 amide bonds. The normalized spacial score (nSPS) is 12.2. The van der Waals surface area contributed by atoms with E-state index in [0.717, 1.165) is 0 Å². The first-order valence-corrected chi connectivity index (χ1v) is 8.06. The van der Waals surface area contributed by atoms with Crippen molar-refractivity contribution < 1.29 is 13.2 Å². The van der Waals surface area contributed by atoms with E-state index in [-0.39, 0.29) is 18.2 Å². The Hall–Kier alpha value is -1.40. The Morgan fingerprint density at radius 1 is 1.25 bits per heavy atom. The molecule has 0 radical (unpaired) electrons. The number of hydrogen-bond acceptors (Lipinski definition) is 4. The third-order valence-electron chi connectivity index (χ3n) is 2.84. The van der Waals surface area contributed by atoms with Crippen molar-refractivity contribution in [2.24, 2.45) is 0 Å². The lowest BCUT2D eigenvalue weighted by Crippen LogP contribution is -2.29. The molecule has 0 saturated heterocycles. The van der Waals surface area contributed by atoms with E-state index in [0.29, 0.717) is 11.3 Å². The summed E-state index contributed by atoms with van der Waals surface area (Å²) in [5, 5.41) is 5.46. The number of carbonyl (C=O) groups is 1. The van der Waals surface area contributed by atoms with Gasteiger partial charge < -0.3 is 10.6 Å². The molecule has 0 saturated carbocycles. The Bertz CT molecular complexity index is 574. The highest BCUT2D eigenvalue weighted by atomic mass is 32.2. The van der Waals surface area contributed by atoms with Crippen LogP contribution in [0.5, 0.6) is 0 Å². The van der Waals surface area contributed by atoms with Crippen LogP contribution in [0.1, 0.15) is 26.3 Å². The van der Waals surface area contributed by atoms with Gasteiger partial charge in [-0.05, 0) is 45.5 Å². The lowest BCUT2D eigenvalue weighted by atomic mass is 10.2. The van der Waals surface area contributed by atoms with Crippen LogP contribution >= 0.6 is 0 Å². The summed E-state index contributed by atoms with van der Waals surface area (Å²) in [7, 11) is -1.54. The van der Waals surface area contributed by atoms with Crippen LogP contribution in [-0.2, 0) is 20.4 Å². The number of rotatable bonds is 5. The molecule has 20 heavy (non-hydrogen) atoms. The molecule has 5 nitrogen and oxygen atoms in total. The van der Waals surface area contributed by atoms with Crippen molar-refractivity contribution in [1.29, 1.82) is 0 Å². The van der Waals surface area contributed by atoms with E-state index in [2.05, 4.69) is 10.6 Å². The van der Waals surface area contributed by atoms with Gasteiger partial charge in [0.1, 0.15) is 0 Å². The summed E-state index contributed by atoms with van der Waals surface area (Å²) in [6, 6.07) is 6.91. The first kappa shape index (κ1) is 16.7. The van der Waals surface area contributed by atoms with Crippen LogP contribution in [0.15, 0.2) is 24.3 Å². The fourth-order valence-corrected chi connectivity index (χ4v) is 2.59. The van der Waals surface area contributed by atoms with Gasteiger partial charge >= 0.3 is 0 Å². The highest BCUT2D eigenvalue weighted by Crippen LogP contribution is 2.22. The van der Waals surface area contributed by atoms with Crippen LogP contribution in [0.2, 0.25) is 0 Å². The number of carbonyl (C=O) groups excluding carboxylic acids is 1. The van der Waals surface area contributed by atoms with Gasteiger partial charge in [-0.3, -0.25) is 4.79 Å². The second-order valence-corrected chi connectivity index (χ2v) is 8.39. The molecule has 0 aliphatic rings. The molecule has 0 aliphatic carbocycles. The summed E-state index contributed by atoms with van der Waals surface area (Å²) >= 11 is 0. The molecule has 1 rings (SSSR count). The summed E-state index contributed by atoms with van der Waals surface area (Å²) in [6.45, 7) is 5.26. The molecule has 1 aromatic carbocycles. The number of hydrogen-bond donors (Lipinski definition) is 2. The topological polar surface area (TPSA) is 75.3 Å². The monoisotopic (exact) mass is 298 g/mol. The van der Waals surface area contributed by atoms with E-state index in [1.54, 1.807) is 52.1 Å². The van der Waals surface area contributed by atoms with Gasteiger partial charge in [-0.25, -0.2) is 8.42 Å². The number of anilines is 1. The SMILES string of the molecule is CNCC(=O)Nc1cccc(CS(=O)(=O)C(C)(C)C)c1. The molecule has 1 aromatic rings. The molecular formula is C14H22N2O3S. The van der Waals surface area contributed by atoms with Crippen molar-refractivity contribution in [1.82, 2.24) is 5.32 Å². The van der Waals surface area contributed by atoms with Gasteiger partial charge in [0.25, 0.3) is 0 Å². The van der Waals surface area contributed by atoms with Crippen LogP contribution in [0.3, 0.4) is 0 Å². The van der Waals surface area contributed by atoms with Crippen LogP contribution in [0.25, 0.3) is 0 Å². The summed E-state index contributed by atoms with van der Waals surface area (Å²) in [4.78, 5) is 11.5. The summed E-state index contributed by atoms with van der Waals surface area (Å²) in [5.74, 6) is -0.199. The molecule has 0 bridgehead atoms. The first-order chi connectivity index (χ1) is 9.15. The number of likely N-dealkylation sites (N-methyl/N-ethyl adjacent to an activating group) is 1. The van der Waals surface area contributed by atoms with Gasteiger partial charge in [-0.1, -0.05) is 12.1 Å². The van der Waals surface area contributed by atoms with Gasteiger partial charge in [-0.2, -0.15) is 0 Å². The van der Waals surface area contributed by atoms with Gasteiger partial charge in [0, 0.05) is 5.69 Å². The lowest BCUT2D eigenvalue weighted by molar-refractivity contribution is -0.115. The number of benzene rings is 1. The molecule has 2 N–H and O–H groups in total. The number of nitrogens with one attached hydrogen (secondary N) is 2. The van der Waals surface area contributed by atoms with E-state index in [1.165, 1.54) is 0 Å². The highest BCUT2D eigenvalue weighted by molar-refractivity contribution is 7.91. The maximum Gasteiger partial charge on any atom is 0.238 e. The minimum atomic E-state index is -3.23. The Balaban J connectivity index is 2.87. The first-order valence-electron chi connectivity index (χ1n) is 6.41. The van der Waals surface area contributed by atoms with Crippen molar-refractivity contribution >= 4 is 21.4 Å². The van der Waals surface area contributed by atoms with Crippen LogP contribution in [-0.4, -0.2) is 32.7 Å². The molecule has 0 heterocycles. The predicted octanol–water partition coefficient (Wildman–Crippen LogP) is 1.56. The van der Waals surface area contributed by atoms with E-state index in [1.807, 2.05) is 0 Å². The lowest BCUT2D eigenvalue weighted by Gasteiger charge is -2.19. The quantitative estimate of drug-likeness (QED) is 0.865. The van der Waals surface area contributed by atoms with Crippen molar-refractivity contribution in [2.75, 3.05) is 18.9 Å². The minimum absolute atomic E-state index is 0.0355. The zero-order chi connectivity index (χ0) is 15.4. The fourth-order valence-electron chi connectivity index (χ4n) is 1.54. The summed E-state index contributed by atoms with van der Waals surface area (Å²) in [5.41, 5.74) is 1.27. The smallest absolute Gasteiger partial charge is 0.238 e. The summed E-state index contributed by atoms with van der Waals surface area (Å²) < 4.78 is 23.5. The molecule has 0 spiro atoms. The zero-order valence-corrected chi connectivity index (χ0v) is 13.2. The van der Waals surface area contributed by atoms with E-state index < -0.39 is 14.6 Å². The molecule has 6 heteroatoms. The molecule has 0 aliphatic heterocycles. The third kappa shape index (κ3) is 4.61. The fraction of sp³-hybridized carbons (Fsp3) is 0.500. The third-order valence-corrected chi connectivity index (χ3v) is 5.42. The average molecular weight is 298 g/mol. The molecule has 0 aromatic heterocycles. The molecule has 0 unspecified atom stereocenters. The number of sulfone groups is 1. The molecular weight excluding hydrogens is 276 g/mol. The Morgan fingerprint density at radius 2 is 1.90 bits per heavy atom. The van der Waals surface area contributed by atoms with Gasteiger partial charge in [0.05, 0.1) is 17.0 Å². The van der Waals surface area contributed by atoms with Gasteiger partial charge in [0.15, 0.2) is 9.84 Å². The van der Waals surface area contributed by atoms with Crippen LogP contribution in [0.4, 0.5) is 5.69 Å². The average Bonchev–Trinajstić information content (AvgIpc) is 2.27. The minimum Gasteiger partial charge on any atom is -0.325 e. The van der Waals surface area contributed by atoms with E-state index in [9.17, 15) is 13.2 Å². The largest absolute Gasteiger partial charge is 0.325 e. The Kier molecular flexibility index (Phi) is 5.30. The van der Waals surface area contributed by atoms with E-state index in [4.69, 9.17) is 0 Å². The molecule has 112 valence electrons. The maximum absolute atomic E-state index is 12.2. The Labute approximate surface area is 120 Å². The summed E-state index contributed by atoms with van der Waals surface area (Å²) in [6.07, 6.45) is 0. The second kappa shape index (κ2) is 6.37. The highest BCUT2D eigenvalue weighted by Gasteiger charge is 2.28. The number of amides is 1. The van der Waals surface area contributed by atoms with Crippen molar-refractivity contribution in [3.63, 3.8) is 0 Å².